The normalized spacial score (nSPS) is 11.3. The van der Waals surface area contributed by atoms with Gasteiger partial charge in [-0.3, -0.25) is 4.79 Å². The first-order chi connectivity index (χ1) is 12.7. The molecule has 0 aliphatic heterocycles. The number of rotatable bonds is 6. The van der Waals surface area contributed by atoms with Crippen molar-refractivity contribution in [1.82, 2.24) is 5.43 Å². The zero-order chi connectivity index (χ0) is 18.4. The first kappa shape index (κ1) is 17.5. The molecule has 5 nitrogen and oxygen atoms in total. The van der Waals surface area contributed by atoms with E-state index >= 15 is 0 Å². The van der Waals surface area contributed by atoms with Gasteiger partial charge in [0.15, 0.2) is 6.61 Å². The summed E-state index contributed by atoms with van der Waals surface area (Å²) in [5.74, 6) is 0.497. The van der Waals surface area contributed by atoms with Crippen LogP contribution in [0.2, 0.25) is 0 Å². The average molecular weight is 348 g/mol. The van der Waals surface area contributed by atoms with Crippen molar-refractivity contribution >= 4 is 22.4 Å². The van der Waals surface area contributed by atoms with E-state index in [0.717, 1.165) is 22.0 Å². The number of phenolic OH excluding ortho intramolecular Hbond substituents is 1. The smallest absolute Gasteiger partial charge is 0.277 e. The maximum Gasteiger partial charge on any atom is 0.277 e. The number of ether oxygens (including phenoxy) is 1. The summed E-state index contributed by atoms with van der Waals surface area (Å²) in [5.41, 5.74) is 4.09. The Morgan fingerprint density at radius 3 is 2.50 bits per heavy atom. The monoisotopic (exact) mass is 348 g/mol. The number of carbonyl (C=O) groups excluding carboxylic acids is 1. The van der Waals surface area contributed by atoms with Crippen molar-refractivity contribution in [2.24, 2.45) is 5.10 Å². The van der Waals surface area contributed by atoms with E-state index in [1.54, 1.807) is 24.3 Å². The Morgan fingerprint density at radius 1 is 1.04 bits per heavy atom. The Morgan fingerprint density at radius 2 is 1.77 bits per heavy atom. The molecule has 0 bridgehead atoms. The summed E-state index contributed by atoms with van der Waals surface area (Å²) in [6, 6.07) is 20.4. The van der Waals surface area contributed by atoms with Crippen LogP contribution >= 0.6 is 0 Å². The number of aromatic hydroxyl groups is 1. The second-order valence-corrected chi connectivity index (χ2v) is 5.79. The fraction of sp³-hybridized carbons (Fsp3) is 0.143. The summed E-state index contributed by atoms with van der Waals surface area (Å²) < 4.78 is 5.55. The molecule has 5 heteroatoms. The van der Waals surface area contributed by atoms with Crippen LogP contribution in [0.3, 0.4) is 0 Å². The molecule has 0 aliphatic rings. The number of amides is 1. The van der Waals surface area contributed by atoms with Gasteiger partial charge in [0.25, 0.3) is 5.91 Å². The van der Waals surface area contributed by atoms with Crippen molar-refractivity contribution in [2.75, 3.05) is 6.61 Å². The van der Waals surface area contributed by atoms with Crippen LogP contribution in [0.25, 0.3) is 10.8 Å². The third-order valence-electron chi connectivity index (χ3n) is 3.94. The number of hydrogen-bond acceptors (Lipinski definition) is 4. The molecule has 132 valence electrons. The number of nitrogens with zero attached hydrogens (tertiary/aromatic N) is 1. The van der Waals surface area contributed by atoms with E-state index < -0.39 is 0 Å². The van der Waals surface area contributed by atoms with Gasteiger partial charge in [-0.25, -0.2) is 5.43 Å². The van der Waals surface area contributed by atoms with E-state index in [1.807, 2.05) is 49.4 Å². The SMILES string of the molecule is CCC(=NNC(=O)COc1ccc2ccccc2c1)c1ccc(O)cc1. The number of carbonyl (C=O) groups is 1. The third-order valence-corrected chi connectivity index (χ3v) is 3.94. The van der Waals surface area contributed by atoms with Gasteiger partial charge >= 0.3 is 0 Å². The highest BCUT2D eigenvalue weighted by atomic mass is 16.5. The van der Waals surface area contributed by atoms with Gasteiger partial charge in [0.05, 0.1) is 5.71 Å². The predicted molar refractivity (Wildman–Crippen MR) is 103 cm³/mol. The molecule has 3 aromatic rings. The molecular formula is C21H20N2O3. The molecule has 0 aliphatic carbocycles. The van der Waals surface area contributed by atoms with Crippen molar-refractivity contribution in [2.45, 2.75) is 13.3 Å². The van der Waals surface area contributed by atoms with E-state index in [4.69, 9.17) is 4.74 Å². The molecule has 0 unspecified atom stereocenters. The zero-order valence-electron chi connectivity index (χ0n) is 14.5. The van der Waals surface area contributed by atoms with E-state index in [0.29, 0.717) is 12.2 Å². The van der Waals surface area contributed by atoms with Gasteiger partial charge in [0.1, 0.15) is 11.5 Å². The third kappa shape index (κ3) is 4.39. The van der Waals surface area contributed by atoms with E-state index in [-0.39, 0.29) is 18.3 Å². The number of fused-ring (bicyclic) bond motifs is 1. The van der Waals surface area contributed by atoms with Crippen LogP contribution in [0.15, 0.2) is 71.8 Å². The second kappa shape index (κ2) is 8.16. The number of phenols is 1. The van der Waals surface area contributed by atoms with E-state index in [2.05, 4.69) is 10.5 Å². The average Bonchev–Trinajstić information content (AvgIpc) is 2.68. The Hall–Kier alpha value is -3.34. The van der Waals surface area contributed by atoms with Gasteiger partial charge in [-0.2, -0.15) is 5.10 Å². The van der Waals surface area contributed by atoms with E-state index in [9.17, 15) is 9.90 Å². The quantitative estimate of drug-likeness (QED) is 0.525. The minimum atomic E-state index is -0.331. The van der Waals surface area contributed by atoms with Crippen LogP contribution in [0, 0.1) is 0 Å². The lowest BCUT2D eigenvalue weighted by atomic mass is 10.1. The van der Waals surface area contributed by atoms with E-state index in [1.165, 1.54) is 0 Å². The van der Waals surface area contributed by atoms with Crippen LogP contribution in [0.5, 0.6) is 11.5 Å². The molecule has 0 fully saturated rings. The van der Waals surface area contributed by atoms with Crippen molar-refractivity contribution in [3.63, 3.8) is 0 Å². The fourth-order valence-corrected chi connectivity index (χ4v) is 2.57. The molecule has 0 saturated carbocycles. The molecule has 26 heavy (non-hydrogen) atoms. The fourth-order valence-electron chi connectivity index (χ4n) is 2.57. The second-order valence-electron chi connectivity index (χ2n) is 5.79. The van der Waals surface area contributed by atoms with Crippen molar-refractivity contribution in [3.05, 3.63) is 72.3 Å². The van der Waals surface area contributed by atoms with Gasteiger partial charge in [-0.1, -0.05) is 37.3 Å². The molecule has 0 heterocycles. The standard InChI is InChI=1S/C21H20N2O3/c1-2-20(16-7-10-18(24)11-8-16)22-23-21(25)14-26-19-12-9-15-5-3-4-6-17(15)13-19/h3-13,24H,2,14H2,1H3,(H,23,25). The molecule has 3 rings (SSSR count). The first-order valence-electron chi connectivity index (χ1n) is 8.42. The molecule has 2 N–H and O–H groups in total. The number of benzene rings is 3. The van der Waals surface area contributed by atoms with Crippen LogP contribution in [-0.4, -0.2) is 23.3 Å². The predicted octanol–water partition coefficient (Wildman–Crippen LogP) is 3.85. The van der Waals surface area contributed by atoms with Crippen LogP contribution < -0.4 is 10.2 Å². The Balaban J connectivity index is 1.59. The zero-order valence-corrected chi connectivity index (χ0v) is 14.5. The first-order valence-corrected chi connectivity index (χ1v) is 8.42. The lowest BCUT2D eigenvalue weighted by Crippen LogP contribution is -2.26. The summed E-state index contributed by atoms with van der Waals surface area (Å²) in [6.45, 7) is 1.83. The van der Waals surface area contributed by atoms with Crippen molar-refractivity contribution < 1.29 is 14.6 Å². The van der Waals surface area contributed by atoms with Gasteiger partial charge in [-0.15, -0.1) is 0 Å². The van der Waals surface area contributed by atoms with Gasteiger partial charge in [0, 0.05) is 0 Å². The summed E-state index contributed by atoms with van der Waals surface area (Å²) in [5, 5.41) is 15.7. The lowest BCUT2D eigenvalue weighted by Gasteiger charge is -2.08. The molecule has 0 saturated heterocycles. The lowest BCUT2D eigenvalue weighted by molar-refractivity contribution is -0.123. The largest absolute Gasteiger partial charge is 0.508 e. The van der Waals surface area contributed by atoms with Crippen LogP contribution in [-0.2, 0) is 4.79 Å². The highest BCUT2D eigenvalue weighted by molar-refractivity contribution is 6.01. The summed E-state index contributed by atoms with van der Waals surface area (Å²) >= 11 is 0. The summed E-state index contributed by atoms with van der Waals surface area (Å²) in [6.07, 6.45) is 0.649. The molecule has 0 aromatic heterocycles. The summed E-state index contributed by atoms with van der Waals surface area (Å²) in [7, 11) is 0. The molecule has 0 radical (unpaired) electrons. The minimum Gasteiger partial charge on any atom is -0.508 e. The molecular weight excluding hydrogens is 328 g/mol. The maximum absolute atomic E-state index is 12.0. The van der Waals surface area contributed by atoms with Crippen LogP contribution in [0.4, 0.5) is 0 Å². The van der Waals surface area contributed by atoms with Gasteiger partial charge < -0.3 is 9.84 Å². The molecule has 3 aromatic carbocycles. The highest BCUT2D eigenvalue weighted by Gasteiger charge is 2.05. The summed E-state index contributed by atoms with van der Waals surface area (Å²) in [4.78, 5) is 12.0. The Labute approximate surface area is 151 Å². The number of hydrazone groups is 1. The highest BCUT2D eigenvalue weighted by Crippen LogP contribution is 2.20. The van der Waals surface area contributed by atoms with Crippen LogP contribution in [0.1, 0.15) is 18.9 Å². The number of nitrogens with one attached hydrogen (secondary N) is 1. The molecule has 0 atom stereocenters. The van der Waals surface area contributed by atoms with Crippen molar-refractivity contribution in [3.8, 4) is 11.5 Å². The maximum atomic E-state index is 12.0. The topological polar surface area (TPSA) is 70.9 Å². The number of hydrogen-bond donors (Lipinski definition) is 2. The van der Waals surface area contributed by atoms with Gasteiger partial charge in [0.2, 0.25) is 0 Å². The molecule has 0 spiro atoms. The van der Waals surface area contributed by atoms with Gasteiger partial charge in [-0.05, 0) is 59.2 Å². The Bertz CT molecular complexity index is 933. The molecule has 1 amide bonds. The minimum absolute atomic E-state index is 0.117. The van der Waals surface area contributed by atoms with Crippen molar-refractivity contribution in [1.29, 1.82) is 0 Å². The Kier molecular flexibility index (Phi) is 5.49.